The molecule has 0 aromatic heterocycles. The maximum Gasteiger partial charge on any atom is 0.330 e. The fraction of sp³-hybridized carbons (Fsp3) is 0.875. The maximum absolute atomic E-state index is 15.9. The minimum absolute atomic E-state index is 0.0444. The van der Waals surface area contributed by atoms with E-state index in [0.717, 1.165) is 18.4 Å². The zero-order chi connectivity index (χ0) is 22.2. The molecule has 174 valence electrons. The molecule has 0 amide bonds. The van der Waals surface area contributed by atoms with E-state index < -0.39 is 29.1 Å². The number of carbonyl (C=O) groups is 1. The second-order valence-electron chi connectivity index (χ2n) is 11.0. The number of esters is 1. The molecule has 0 unspecified atom stereocenters. The molecule has 4 saturated carbocycles. The van der Waals surface area contributed by atoms with Crippen LogP contribution in [-0.2, 0) is 19.0 Å². The molecule has 8 atom stereocenters. The van der Waals surface area contributed by atoms with Crippen LogP contribution in [0.15, 0.2) is 11.6 Å². The molecular weight excluding hydrogens is 403 g/mol. The van der Waals surface area contributed by atoms with E-state index in [2.05, 4.69) is 6.92 Å². The van der Waals surface area contributed by atoms with Gasteiger partial charge in [0.1, 0.15) is 11.8 Å². The average Bonchev–Trinajstić information content (AvgIpc) is 3.29. The number of hydrogen-bond acceptors (Lipinski definition) is 6. The highest BCUT2D eigenvalue weighted by atomic mass is 19.1. The highest BCUT2D eigenvalue weighted by molar-refractivity contribution is 5.83. The summed E-state index contributed by atoms with van der Waals surface area (Å²) in [4.78, 5) is 11.9. The number of rotatable bonds is 1. The molecule has 5 aliphatic rings. The van der Waals surface area contributed by atoms with Gasteiger partial charge in [-0.3, -0.25) is 0 Å². The molecule has 0 radical (unpaired) electrons. The minimum atomic E-state index is -1.59. The summed E-state index contributed by atoms with van der Waals surface area (Å²) in [5.41, 5.74) is -1.70. The number of carbonyl (C=O) groups excluding carboxylic acids is 1. The van der Waals surface area contributed by atoms with Crippen molar-refractivity contribution in [1.29, 1.82) is 0 Å². The first-order chi connectivity index (χ1) is 14.6. The largest absolute Gasteiger partial charge is 0.466 e. The van der Waals surface area contributed by atoms with Crippen molar-refractivity contribution in [1.82, 2.24) is 0 Å². The van der Waals surface area contributed by atoms with Crippen LogP contribution in [-0.4, -0.2) is 60.2 Å². The van der Waals surface area contributed by atoms with Gasteiger partial charge in [-0.25, -0.2) is 9.18 Å². The van der Waals surface area contributed by atoms with Gasteiger partial charge in [0.25, 0.3) is 0 Å². The second-order valence-corrected chi connectivity index (χ2v) is 11.0. The van der Waals surface area contributed by atoms with Crippen LogP contribution in [0.3, 0.4) is 0 Å². The lowest BCUT2D eigenvalue weighted by Gasteiger charge is -2.66. The Bertz CT molecular complexity index is 793. The van der Waals surface area contributed by atoms with Crippen LogP contribution in [0.25, 0.3) is 0 Å². The van der Waals surface area contributed by atoms with Crippen LogP contribution in [0.5, 0.6) is 0 Å². The fourth-order valence-electron chi connectivity index (χ4n) is 8.33. The monoisotopic (exact) mass is 438 g/mol. The number of fused-ring (bicyclic) bond motifs is 5. The maximum atomic E-state index is 15.9. The Labute approximate surface area is 183 Å². The number of ether oxygens (including phenoxy) is 3. The van der Waals surface area contributed by atoms with Gasteiger partial charge in [-0.2, -0.15) is 0 Å². The summed E-state index contributed by atoms with van der Waals surface area (Å²) in [6.45, 7) is 5.00. The Kier molecular flexibility index (Phi) is 4.92. The van der Waals surface area contributed by atoms with Gasteiger partial charge in [0.15, 0.2) is 5.79 Å². The lowest BCUT2D eigenvalue weighted by atomic mass is 9.42. The van der Waals surface area contributed by atoms with Crippen molar-refractivity contribution in [2.75, 3.05) is 20.3 Å². The standard InChI is InChI=1S/C24H35FO6/c1-21-12-17(26)20-15(16(21)5-4-14(21)10-19(27)29-3)11-18(25)24(28)13-23(30-8-9-31-23)7-6-22(20,24)2/h10,15-18,20,26,28H,4-9,11-13H2,1-3H3/b14-10-/t15-,16-,17-,18+,20+,21+,22+,24-/m0/s1. The molecule has 31 heavy (non-hydrogen) atoms. The van der Waals surface area contributed by atoms with E-state index in [0.29, 0.717) is 32.5 Å². The van der Waals surface area contributed by atoms with E-state index in [1.807, 2.05) is 6.92 Å². The van der Waals surface area contributed by atoms with Crippen molar-refractivity contribution in [2.24, 2.45) is 28.6 Å². The second kappa shape index (κ2) is 6.99. The predicted molar refractivity (Wildman–Crippen MR) is 110 cm³/mol. The molecule has 6 nitrogen and oxygen atoms in total. The molecule has 0 bridgehead atoms. The van der Waals surface area contributed by atoms with Crippen LogP contribution in [0.1, 0.15) is 58.8 Å². The summed E-state index contributed by atoms with van der Waals surface area (Å²) in [6.07, 6.45) is 3.11. The fourth-order valence-corrected chi connectivity index (χ4v) is 8.33. The Balaban J connectivity index is 1.50. The van der Waals surface area contributed by atoms with Crippen LogP contribution in [0.2, 0.25) is 0 Å². The third-order valence-electron chi connectivity index (χ3n) is 9.90. The predicted octanol–water partition coefficient (Wildman–Crippen LogP) is 2.91. The van der Waals surface area contributed by atoms with Crippen molar-refractivity contribution in [3.63, 3.8) is 0 Å². The quantitative estimate of drug-likeness (QED) is 0.484. The molecule has 5 fully saturated rings. The van der Waals surface area contributed by atoms with Crippen LogP contribution >= 0.6 is 0 Å². The third kappa shape index (κ3) is 2.85. The average molecular weight is 439 g/mol. The first-order valence-electron chi connectivity index (χ1n) is 11.7. The number of allylic oxidation sites excluding steroid dienone is 1. The summed E-state index contributed by atoms with van der Waals surface area (Å²) in [5, 5.41) is 23.2. The van der Waals surface area contributed by atoms with E-state index in [4.69, 9.17) is 14.2 Å². The van der Waals surface area contributed by atoms with Crippen LogP contribution in [0, 0.1) is 28.6 Å². The molecule has 5 rings (SSSR count). The molecule has 1 spiro atoms. The van der Waals surface area contributed by atoms with Gasteiger partial charge in [-0.05, 0) is 55.3 Å². The Morgan fingerprint density at radius 2 is 1.97 bits per heavy atom. The van der Waals surface area contributed by atoms with Crippen molar-refractivity contribution in [3.05, 3.63) is 11.6 Å². The van der Waals surface area contributed by atoms with E-state index in [9.17, 15) is 15.0 Å². The van der Waals surface area contributed by atoms with Gasteiger partial charge >= 0.3 is 5.97 Å². The molecule has 4 aliphatic carbocycles. The molecular formula is C24H35FO6. The number of hydrogen-bond donors (Lipinski definition) is 2. The van der Waals surface area contributed by atoms with E-state index in [1.54, 1.807) is 6.08 Å². The van der Waals surface area contributed by atoms with E-state index in [1.165, 1.54) is 7.11 Å². The lowest BCUT2D eigenvalue weighted by Crippen LogP contribution is -2.71. The van der Waals surface area contributed by atoms with Gasteiger partial charge in [-0.1, -0.05) is 19.4 Å². The zero-order valence-electron chi connectivity index (χ0n) is 18.7. The van der Waals surface area contributed by atoms with Gasteiger partial charge < -0.3 is 24.4 Å². The Morgan fingerprint density at radius 3 is 2.65 bits per heavy atom. The molecule has 1 heterocycles. The highest BCUT2D eigenvalue weighted by Crippen LogP contribution is 2.69. The number of halogens is 1. The molecule has 1 aliphatic heterocycles. The van der Waals surface area contributed by atoms with Crippen molar-refractivity contribution < 1.29 is 33.6 Å². The van der Waals surface area contributed by atoms with Gasteiger partial charge in [0.2, 0.25) is 0 Å². The van der Waals surface area contributed by atoms with Gasteiger partial charge in [0.05, 0.1) is 26.4 Å². The molecule has 7 heteroatoms. The number of aliphatic hydroxyl groups excluding tert-OH is 1. The first-order valence-corrected chi connectivity index (χ1v) is 11.7. The Morgan fingerprint density at radius 1 is 1.26 bits per heavy atom. The third-order valence-corrected chi connectivity index (χ3v) is 9.90. The minimum Gasteiger partial charge on any atom is -0.466 e. The zero-order valence-corrected chi connectivity index (χ0v) is 18.7. The summed E-state index contributed by atoms with van der Waals surface area (Å²) < 4.78 is 32.4. The summed E-state index contributed by atoms with van der Waals surface area (Å²) >= 11 is 0. The SMILES string of the molecule is COC(=O)/C=C1/CC[C@H]2[C@@H]3C[C@@H](F)[C@@]4(O)CC5(CC[C@]4(C)[C@H]3[C@@H](O)C[C@]12C)OCCO5. The smallest absolute Gasteiger partial charge is 0.330 e. The van der Waals surface area contributed by atoms with Gasteiger partial charge in [0, 0.05) is 24.3 Å². The van der Waals surface area contributed by atoms with E-state index >= 15 is 4.39 Å². The summed E-state index contributed by atoms with van der Waals surface area (Å²) in [6, 6.07) is 0. The molecule has 2 N–H and O–H groups in total. The summed E-state index contributed by atoms with van der Waals surface area (Å²) in [5.74, 6) is -1.35. The lowest BCUT2D eigenvalue weighted by molar-refractivity contribution is -0.312. The number of methoxy groups -OCH3 is 1. The van der Waals surface area contributed by atoms with Crippen LogP contribution < -0.4 is 0 Å². The van der Waals surface area contributed by atoms with Crippen molar-refractivity contribution >= 4 is 5.97 Å². The number of aliphatic hydroxyl groups is 2. The highest BCUT2D eigenvalue weighted by Gasteiger charge is 2.71. The molecule has 0 aromatic rings. The topological polar surface area (TPSA) is 85.2 Å². The summed E-state index contributed by atoms with van der Waals surface area (Å²) in [7, 11) is 1.37. The number of alkyl halides is 1. The van der Waals surface area contributed by atoms with Crippen LogP contribution in [0.4, 0.5) is 4.39 Å². The normalized spacial score (nSPS) is 51.9. The van der Waals surface area contributed by atoms with Crippen molar-refractivity contribution in [3.8, 4) is 0 Å². The molecule has 0 aromatic carbocycles. The molecule has 1 saturated heterocycles. The van der Waals surface area contributed by atoms with Gasteiger partial charge in [-0.15, -0.1) is 0 Å². The van der Waals surface area contributed by atoms with Crippen molar-refractivity contribution in [2.45, 2.75) is 82.5 Å². The van der Waals surface area contributed by atoms with E-state index in [-0.39, 0.29) is 42.0 Å². The first kappa shape index (κ1) is 21.8. The Hall–Kier alpha value is -1.02.